The van der Waals surface area contributed by atoms with Gasteiger partial charge in [-0.25, -0.2) is 14.8 Å². The van der Waals surface area contributed by atoms with Gasteiger partial charge in [-0.3, -0.25) is 5.32 Å². The zero-order chi connectivity index (χ0) is 22.6. The first-order chi connectivity index (χ1) is 16.2. The van der Waals surface area contributed by atoms with Gasteiger partial charge in [0.2, 0.25) is 0 Å². The van der Waals surface area contributed by atoms with Crippen molar-refractivity contribution in [2.24, 2.45) is 5.73 Å². The lowest BCUT2D eigenvalue weighted by molar-refractivity contribution is 0.163. The fraction of sp³-hybridized carbons (Fsp3) is 0.160. The van der Waals surface area contributed by atoms with Gasteiger partial charge < -0.3 is 20.4 Å². The summed E-state index contributed by atoms with van der Waals surface area (Å²) in [7, 11) is 0. The van der Waals surface area contributed by atoms with Gasteiger partial charge in [-0.2, -0.15) is 0 Å². The van der Waals surface area contributed by atoms with Crippen LogP contribution in [0.5, 0.6) is 0 Å². The molecule has 1 amide bonds. The Morgan fingerprint density at radius 1 is 0.879 bits per heavy atom. The Labute approximate surface area is 190 Å². The third-order valence-corrected chi connectivity index (χ3v) is 5.41. The number of benzene rings is 3. The molecule has 0 unspecified atom stereocenters. The second kappa shape index (κ2) is 9.13. The van der Waals surface area contributed by atoms with E-state index in [0.717, 1.165) is 44.8 Å². The van der Waals surface area contributed by atoms with Crippen molar-refractivity contribution in [3.63, 3.8) is 0 Å². The number of nitrogens with zero attached hydrogens (tertiary/aromatic N) is 2. The molecule has 8 nitrogen and oxygen atoms in total. The standard InChI is InChI=1S/C25H24N6O2/c26-15-17-6-8-19-21(12-17)30-23(28-19)14-24-29-20-9-7-18(13-22(20)31-24)27-25(32)33-11-10-16-4-2-1-3-5-16/h1-9,12-13H,10-11,14-15,26H2,(H,27,32)(H,28,30)(H,29,31). The zero-order valence-corrected chi connectivity index (χ0v) is 18.0. The lowest BCUT2D eigenvalue weighted by Gasteiger charge is -2.07. The molecular formula is C25H24N6O2. The Hall–Kier alpha value is -4.17. The van der Waals surface area contributed by atoms with Crippen LogP contribution in [0.15, 0.2) is 66.7 Å². The van der Waals surface area contributed by atoms with Crippen LogP contribution in [0.3, 0.4) is 0 Å². The number of fused-ring (bicyclic) bond motifs is 2. The number of amides is 1. The second-order valence-electron chi connectivity index (χ2n) is 7.83. The van der Waals surface area contributed by atoms with E-state index in [2.05, 4.69) is 25.3 Å². The van der Waals surface area contributed by atoms with E-state index in [1.54, 1.807) is 0 Å². The van der Waals surface area contributed by atoms with Crippen LogP contribution in [0, 0.1) is 0 Å². The maximum Gasteiger partial charge on any atom is 0.411 e. The number of nitrogens with one attached hydrogen (secondary N) is 3. The van der Waals surface area contributed by atoms with Gasteiger partial charge in [0.1, 0.15) is 11.6 Å². The van der Waals surface area contributed by atoms with Crippen LogP contribution in [0.4, 0.5) is 10.5 Å². The van der Waals surface area contributed by atoms with Gasteiger partial charge in [-0.05, 0) is 41.5 Å². The van der Waals surface area contributed by atoms with Crippen molar-refractivity contribution < 1.29 is 9.53 Å². The molecule has 0 radical (unpaired) electrons. The molecule has 8 heteroatoms. The van der Waals surface area contributed by atoms with Crippen LogP contribution in [0.2, 0.25) is 0 Å². The normalized spacial score (nSPS) is 11.2. The highest BCUT2D eigenvalue weighted by Gasteiger charge is 2.10. The number of imidazole rings is 2. The Balaban J connectivity index is 1.22. The molecule has 0 aliphatic heterocycles. The van der Waals surface area contributed by atoms with E-state index < -0.39 is 6.09 Å². The van der Waals surface area contributed by atoms with Crippen LogP contribution in [-0.4, -0.2) is 32.6 Å². The summed E-state index contributed by atoms with van der Waals surface area (Å²) in [6.45, 7) is 0.799. The van der Waals surface area contributed by atoms with Gasteiger partial charge >= 0.3 is 6.09 Å². The third-order valence-electron chi connectivity index (χ3n) is 5.41. The lowest BCUT2D eigenvalue weighted by Crippen LogP contribution is -2.15. The Morgan fingerprint density at radius 3 is 2.30 bits per heavy atom. The van der Waals surface area contributed by atoms with Crippen molar-refractivity contribution in [3.8, 4) is 0 Å². The molecular weight excluding hydrogens is 416 g/mol. The highest BCUT2D eigenvalue weighted by molar-refractivity contribution is 5.88. The van der Waals surface area contributed by atoms with Gasteiger partial charge in [0.15, 0.2) is 0 Å². The SMILES string of the molecule is NCc1ccc2[nH]c(Cc3nc4cc(NC(=O)OCCc5ccccc5)ccc4[nH]3)nc2c1. The molecule has 0 atom stereocenters. The van der Waals surface area contributed by atoms with Crippen LogP contribution >= 0.6 is 0 Å². The van der Waals surface area contributed by atoms with Crippen molar-refractivity contribution in [2.75, 3.05) is 11.9 Å². The average Bonchev–Trinajstić information content (AvgIpc) is 3.41. The Kier molecular flexibility index (Phi) is 5.73. The largest absolute Gasteiger partial charge is 0.449 e. The molecule has 33 heavy (non-hydrogen) atoms. The second-order valence-corrected chi connectivity index (χ2v) is 7.83. The van der Waals surface area contributed by atoms with Crippen molar-refractivity contribution in [1.29, 1.82) is 0 Å². The van der Waals surface area contributed by atoms with E-state index in [1.807, 2.05) is 66.7 Å². The number of hydrogen-bond donors (Lipinski definition) is 4. The molecule has 0 fully saturated rings. The number of ether oxygens (including phenoxy) is 1. The summed E-state index contributed by atoms with van der Waals surface area (Å²) in [5.41, 5.74) is 12.0. The van der Waals surface area contributed by atoms with Gasteiger partial charge in [0.05, 0.1) is 35.1 Å². The highest BCUT2D eigenvalue weighted by Crippen LogP contribution is 2.20. The van der Waals surface area contributed by atoms with Crippen LogP contribution in [-0.2, 0) is 24.1 Å². The van der Waals surface area contributed by atoms with Gasteiger partial charge in [-0.15, -0.1) is 0 Å². The zero-order valence-electron chi connectivity index (χ0n) is 18.0. The Bertz CT molecular complexity index is 1410. The maximum atomic E-state index is 12.1. The molecule has 2 aromatic heterocycles. The van der Waals surface area contributed by atoms with Crippen molar-refractivity contribution in [1.82, 2.24) is 19.9 Å². The molecule has 0 bridgehead atoms. The van der Waals surface area contributed by atoms with Crippen molar-refractivity contribution in [3.05, 3.63) is 89.5 Å². The molecule has 2 heterocycles. The van der Waals surface area contributed by atoms with Crippen molar-refractivity contribution >= 4 is 33.8 Å². The Morgan fingerprint density at radius 2 is 1.58 bits per heavy atom. The molecule has 5 N–H and O–H groups in total. The van der Waals surface area contributed by atoms with E-state index in [4.69, 9.17) is 10.5 Å². The number of rotatable bonds is 7. The third kappa shape index (κ3) is 4.86. The number of aromatic amines is 2. The fourth-order valence-corrected chi connectivity index (χ4v) is 3.75. The molecule has 166 valence electrons. The highest BCUT2D eigenvalue weighted by atomic mass is 16.5. The molecule has 5 rings (SSSR count). The topological polar surface area (TPSA) is 122 Å². The number of anilines is 1. The minimum Gasteiger partial charge on any atom is -0.449 e. The smallest absolute Gasteiger partial charge is 0.411 e. The number of carbonyl (C=O) groups excluding carboxylic acids is 1. The average molecular weight is 441 g/mol. The summed E-state index contributed by atoms with van der Waals surface area (Å²) >= 11 is 0. The molecule has 0 spiro atoms. The fourth-order valence-electron chi connectivity index (χ4n) is 3.75. The molecule has 5 aromatic rings. The predicted octanol–water partition coefficient (Wildman–Crippen LogP) is 4.28. The van der Waals surface area contributed by atoms with Gasteiger partial charge in [0.25, 0.3) is 0 Å². The molecule has 0 aliphatic rings. The first-order valence-corrected chi connectivity index (χ1v) is 10.8. The molecule has 0 aliphatic carbocycles. The van der Waals surface area contributed by atoms with E-state index in [-0.39, 0.29) is 0 Å². The summed E-state index contributed by atoms with van der Waals surface area (Å²) in [6, 6.07) is 21.4. The summed E-state index contributed by atoms with van der Waals surface area (Å²) in [5.74, 6) is 1.60. The molecule has 0 saturated carbocycles. The summed E-state index contributed by atoms with van der Waals surface area (Å²) in [6.07, 6.45) is 0.719. The summed E-state index contributed by atoms with van der Waals surface area (Å²) in [4.78, 5) is 28.1. The number of carbonyl (C=O) groups is 1. The van der Waals surface area contributed by atoms with E-state index in [9.17, 15) is 4.79 Å². The number of aromatic nitrogens is 4. The quantitative estimate of drug-likeness (QED) is 0.301. The first kappa shape index (κ1) is 20.7. The molecule has 3 aromatic carbocycles. The predicted molar refractivity (Wildman–Crippen MR) is 128 cm³/mol. The van der Waals surface area contributed by atoms with Gasteiger partial charge in [-0.1, -0.05) is 36.4 Å². The monoisotopic (exact) mass is 440 g/mol. The summed E-state index contributed by atoms with van der Waals surface area (Å²) < 4.78 is 5.29. The number of hydrogen-bond acceptors (Lipinski definition) is 5. The molecule has 0 saturated heterocycles. The van der Waals surface area contributed by atoms with E-state index in [1.165, 1.54) is 0 Å². The number of nitrogens with two attached hydrogens (primary N) is 1. The van der Waals surface area contributed by atoms with Crippen LogP contribution in [0.1, 0.15) is 22.8 Å². The first-order valence-electron chi connectivity index (χ1n) is 10.8. The van der Waals surface area contributed by atoms with Crippen LogP contribution in [0.25, 0.3) is 22.1 Å². The van der Waals surface area contributed by atoms with Crippen molar-refractivity contribution in [2.45, 2.75) is 19.4 Å². The lowest BCUT2D eigenvalue weighted by atomic mass is 10.2. The summed E-state index contributed by atoms with van der Waals surface area (Å²) in [5, 5.41) is 2.76. The minimum atomic E-state index is -0.486. The maximum absolute atomic E-state index is 12.1. The van der Waals surface area contributed by atoms with E-state index >= 15 is 0 Å². The number of H-pyrrole nitrogens is 2. The van der Waals surface area contributed by atoms with E-state index in [0.29, 0.717) is 31.7 Å². The van der Waals surface area contributed by atoms with Gasteiger partial charge in [0, 0.05) is 18.7 Å². The minimum absolute atomic E-state index is 0.314. The van der Waals surface area contributed by atoms with Crippen LogP contribution < -0.4 is 11.1 Å².